The van der Waals surface area contributed by atoms with E-state index in [0.717, 1.165) is 11.8 Å². The van der Waals surface area contributed by atoms with Gasteiger partial charge >= 0.3 is 0 Å². The molecule has 2 heterocycles. The number of hydrogen-bond acceptors (Lipinski definition) is 8. The molecule has 1 aliphatic heterocycles. The van der Waals surface area contributed by atoms with E-state index in [-0.39, 0.29) is 30.1 Å². The quantitative estimate of drug-likeness (QED) is 0.279. The van der Waals surface area contributed by atoms with Gasteiger partial charge in [0, 0.05) is 36.7 Å². The van der Waals surface area contributed by atoms with Crippen LogP contribution >= 0.6 is 24.0 Å². The number of thiocarbonyl (C=S) groups is 1. The molecule has 2 N–H and O–H groups in total. The Labute approximate surface area is 185 Å². The molecule has 0 spiro atoms. The van der Waals surface area contributed by atoms with Gasteiger partial charge in [-0.25, -0.2) is 0 Å². The molecule has 0 aliphatic carbocycles. The second kappa shape index (κ2) is 10.00. The number of carbonyl (C=O) groups excluding carboxylic acids is 3. The van der Waals surface area contributed by atoms with Crippen LogP contribution in [0.15, 0.2) is 52.0 Å². The molecule has 3 amide bonds. The first-order valence-electron chi connectivity index (χ1n) is 8.97. The Bertz CT molecular complexity index is 1050. The number of non-ortho nitro benzene ring substituents is 1. The van der Waals surface area contributed by atoms with Crippen molar-refractivity contribution in [2.24, 2.45) is 0 Å². The summed E-state index contributed by atoms with van der Waals surface area (Å²) in [5.41, 5.74) is 4.52. The molecular formula is C19H16N4O6S2. The lowest BCUT2D eigenvalue weighted by atomic mass is 10.2. The molecule has 2 aromatic rings. The number of furan rings is 1. The third-order valence-electron chi connectivity index (χ3n) is 4.13. The Morgan fingerprint density at radius 3 is 2.61 bits per heavy atom. The molecule has 12 heteroatoms. The highest BCUT2D eigenvalue weighted by molar-refractivity contribution is 8.26. The van der Waals surface area contributed by atoms with Crippen LogP contribution in [0.5, 0.6) is 0 Å². The maximum absolute atomic E-state index is 12.5. The van der Waals surface area contributed by atoms with Gasteiger partial charge in [0.2, 0.25) is 5.91 Å². The van der Waals surface area contributed by atoms with Crippen LogP contribution in [0.1, 0.15) is 29.0 Å². The summed E-state index contributed by atoms with van der Waals surface area (Å²) < 4.78 is 5.60. The van der Waals surface area contributed by atoms with E-state index in [0.29, 0.717) is 21.4 Å². The maximum Gasteiger partial charge on any atom is 0.269 e. The largest absolute Gasteiger partial charge is 0.465 e. The van der Waals surface area contributed by atoms with Crippen molar-refractivity contribution in [1.82, 2.24) is 15.8 Å². The summed E-state index contributed by atoms with van der Waals surface area (Å²) in [6, 6.07) is 8.39. The van der Waals surface area contributed by atoms with Gasteiger partial charge in [0.05, 0.1) is 16.1 Å². The van der Waals surface area contributed by atoms with Crippen LogP contribution in [-0.4, -0.2) is 38.4 Å². The zero-order valence-electron chi connectivity index (χ0n) is 15.9. The molecule has 1 fully saturated rings. The first-order chi connectivity index (χ1) is 14.8. The maximum atomic E-state index is 12.5. The van der Waals surface area contributed by atoms with Crippen molar-refractivity contribution < 1.29 is 23.7 Å². The van der Waals surface area contributed by atoms with Crippen LogP contribution in [0.25, 0.3) is 6.08 Å². The number of nitro groups is 1. The Hall–Kier alpha value is -3.51. The number of thioether (sulfide) groups is 1. The van der Waals surface area contributed by atoms with E-state index in [1.54, 1.807) is 18.2 Å². The van der Waals surface area contributed by atoms with Gasteiger partial charge in [-0.1, -0.05) is 24.0 Å². The van der Waals surface area contributed by atoms with Crippen molar-refractivity contribution >= 4 is 57.8 Å². The normalized spacial score (nSPS) is 14.7. The summed E-state index contributed by atoms with van der Waals surface area (Å²) in [6.07, 6.45) is 3.50. The predicted octanol–water partition coefficient (Wildman–Crippen LogP) is 2.63. The summed E-state index contributed by atoms with van der Waals surface area (Å²) in [5.74, 6) is -0.767. The van der Waals surface area contributed by atoms with Gasteiger partial charge in [0.15, 0.2) is 0 Å². The van der Waals surface area contributed by atoms with Crippen LogP contribution in [0, 0.1) is 10.1 Å². The van der Waals surface area contributed by atoms with E-state index in [4.69, 9.17) is 16.6 Å². The number of nitro benzene ring substituents is 1. The Kier molecular flexibility index (Phi) is 7.15. The van der Waals surface area contributed by atoms with E-state index in [1.165, 1.54) is 35.4 Å². The third kappa shape index (κ3) is 5.77. The topological polar surface area (TPSA) is 135 Å². The van der Waals surface area contributed by atoms with Gasteiger partial charge in [-0.15, -0.1) is 0 Å². The molecule has 1 aliphatic rings. The van der Waals surface area contributed by atoms with Gasteiger partial charge in [-0.05, 0) is 30.7 Å². The van der Waals surface area contributed by atoms with Crippen LogP contribution in [0.2, 0.25) is 0 Å². The lowest BCUT2D eigenvalue weighted by Crippen LogP contribution is -2.41. The van der Waals surface area contributed by atoms with Gasteiger partial charge in [0.1, 0.15) is 10.1 Å². The van der Waals surface area contributed by atoms with Crippen molar-refractivity contribution in [3.63, 3.8) is 0 Å². The number of carbonyl (C=O) groups is 3. The monoisotopic (exact) mass is 460 g/mol. The fourth-order valence-electron chi connectivity index (χ4n) is 2.59. The molecule has 160 valence electrons. The highest BCUT2D eigenvalue weighted by atomic mass is 32.2. The highest BCUT2D eigenvalue weighted by Crippen LogP contribution is 2.32. The van der Waals surface area contributed by atoms with Gasteiger partial charge in [-0.3, -0.25) is 40.2 Å². The average molecular weight is 460 g/mol. The fourth-order valence-corrected chi connectivity index (χ4v) is 3.88. The zero-order chi connectivity index (χ0) is 22.4. The summed E-state index contributed by atoms with van der Waals surface area (Å²) in [7, 11) is 0. The summed E-state index contributed by atoms with van der Waals surface area (Å²) in [4.78, 5) is 48.3. The number of hydrazine groups is 1. The molecule has 10 nitrogen and oxygen atoms in total. The first-order valence-corrected chi connectivity index (χ1v) is 10.2. The Morgan fingerprint density at radius 1 is 1.23 bits per heavy atom. The third-order valence-corrected chi connectivity index (χ3v) is 5.51. The SMILES string of the molecule is O=C(CCCN1C(=O)C(=Cc2ccco2)SC1=S)NNC(=O)c1ccc([N+](=O)[O-])cc1. The van der Waals surface area contributed by atoms with Gasteiger partial charge < -0.3 is 4.42 Å². The van der Waals surface area contributed by atoms with Gasteiger partial charge in [-0.2, -0.15) is 0 Å². The Balaban J connectivity index is 1.42. The molecule has 31 heavy (non-hydrogen) atoms. The molecule has 0 saturated carbocycles. The van der Waals surface area contributed by atoms with Crippen molar-refractivity contribution in [1.29, 1.82) is 0 Å². The highest BCUT2D eigenvalue weighted by Gasteiger charge is 2.31. The van der Waals surface area contributed by atoms with Crippen LogP contribution in [-0.2, 0) is 9.59 Å². The number of rotatable bonds is 7. The summed E-state index contributed by atoms with van der Waals surface area (Å²) in [6.45, 7) is 0.254. The van der Waals surface area contributed by atoms with E-state index < -0.39 is 16.7 Å². The lowest BCUT2D eigenvalue weighted by molar-refractivity contribution is -0.384. The lowest BCUT2D eigenvalue weighted by Gasteiger charge is -2.14. The predicted molar refractivity (Wildman–Crippen MR) is 117 cm³/mol. The molecule has 0 atom stereocenters. The minimum absolute atomic E-state index is 0.0504. The smallest absolute Gasteiger partial charge is 0.269 e. The van der Waals surface area contributed by atoms with E-state index in [9.17, 15) is 24.5 Å². The number of nitrogens with one attached hydrogen (secondary N) is 2. The number of nitrogens with zero attached hydrogens (tertiary/aromatic N) is 2. The van der Waals surface area contributed by atoms with Crippen molar-refractivity contribution in [2.45, 2.75) is 12.8 Å². The summed E-state index contributed by atoms with van der Waals surface area (Å²) >= 11 is 6.39. The summed E-state index contributed by atoms with van der Waals surface area (Å²) in [5, 5.41) is 10.6. The Morgan fingerprint density at radius 2 is 1.97 bits per heavy atom. The average Bonchev–Trinajstić information content (AvgIpc) is 3.35. The molecule has 0 radical (unpaired) electrons. The zero-order valence-corrected chi connectivity index (χ0v) is 17.5. The van der Waals surface area contributed by atoms with Crippen molar-refractivity contribution in [3.8, 4) is 0 Å². The second-order valence-electron chi connectivity index (χ2n) is 6.26. The molecule has 0 unspecified atom stereocenters. The number of hydrogen-bond donors (Lipinski definition) is 2. The number of amides is 3. The molecule has 1 aromatic carbocycles. The van der Waals surface area contributed by atoms with E-state index in [1.807, 2.05) is 0 Å². The first kappa shape index (κ1) is 22.2. The minimum Gasteiger partial charge on any atom is -0.465 e. The molecular weight excluding hydrogens is 444 g/mol. The van der Waals surface area contributed by atoms with Crippen molar-refractivity contribution in [2.75, 3.05) is 6.54 Å². The minimum atomic E-state index is -0.608. The van der Waals surface area contributed by atoms with E-state index in [2.05, 4.69) is 10.9 Å². The number of benzene rings is 1. The van der Waals surface area contributed by atoms with Crippen molar-refractivity contribution in [3.05, 3.63) is 69.0 Å². The standard InChI is InChI=1S/C19H16N4O6S2/c24-16(20-21-17(25)12-5-7-13(8-6-12)23(27)28)4-1-9-22-18(26)15(31-19(22)30)11-14-3-2-10-29-14/h2-3,5-8,10-11H,1,4,9H2,(H,20,24)(H,21,25). The molecule has 0 bridgehead atoms. The van der Waals surface area contributed by atoms with Crippen LogP contribution in [0.4, 0.5) is 5.69 Å². The van der Waals surface area contributed by atoms with Crippen LogP contribution < -0.4 is 10.9 Å². The van der Waals surface area contributed by atoms with Crippen LogP contribution in [0.3, 0.4) is 0 Å². The molecule has 3 rings (SSSR count). The second-order valence-corrected chi connectivity index (χ2v) is 7.93. The van der Waals surface area contributed by atoms with E-state index >= 15 is 0 Å². The molecule has 1 saturated heterocycles. The van der Waals surface area contributed by atoms with Gasteiger partial charge in [0.25, 0.3) is 17.5 Å². The molecule has 1 aromatic heterocycles. The fraction of sp³-hybridized carbons (Fsp3) is 0.158.